The lowest BCUT2D eigenvalue weighted by Crippen LogP contribution is -2.33. The lowest BCUT2D eigenvalue weighted by atomic mass is 9.86. The maximum Gasteiger partial charge on any atom is 0.236 e. The van der Waals surface area contributed by atoms with Crippen LogP contribution in [0.5, 0.6) is 0 Å². The molecule has 2 aliphatic heterocycles. The molecule has 29 heavy (non-hydrogen) atoms. The highest BCUT2D eigenvalue weighted by Gasteiger charge is 2.44. The smallest absolute Gasteiger partial charge is 0.236 e. The third-order valence-electron chi connectivity index (χ3n) is 5.71. The first-order valence-corrected chi connectivity index (χ1v) is 9.96. The number of nitrogens with zero attached hydrogens (tertiary/aromatic N) is 2. The fourth-order valence-electron chi connectivity index (χ4n) is 4.02. The second-order valence-electron chi connectivity index (χ2n) is 8.40. The Balaban J connectivity index is 0.000000166. The Morgan fingerprint density at radius 1 is 0.793 bits per heavy atom. The van der Waals surface area contributed by atoms with Gasteiger partial charge in [-0.25, -0.2) is 8.78 Å². The SMILES string of the molecule is CN1C(=O)C(C)(C)c2cc(Br)cc(F)c21.CN1C(=O)C(C)(C)c2cccc(F)c21. The van der Waals surface area contributed by atoms with Gasteiger partial charge in [-0.1, -0.05) is 28.1 Å². The van der Waals surface area contributed by atoms with Gasteiger partial charge in [0.2, 0.25) is 11.8 Å². The third kappa shape index (κ3) is 3.16. The summed E-state index contributed by atoms with van der Waals surface area (Å²) >= 11 is 3.24. The van der Waals surface area contributed by atoms with Gasteiger partial charge in [-0.2, -0.15) is 0 Å². The van der Waals surface area contributed by atoms with Gasteiger partial charge < -0.3 is 9.80 Å². The second-order valence-corrected chi connectivity index (χ2v) is 9.31. The maximum atomic E-state index is 13.7. The van der Waals surface area contributed by atoms with E-state index in [9.17, 15) is 18.4 Å². The molecule has 0 aromatic heterocycles. The van der Waals surface area contributed by atoms with Crippen LogP contribution in [0.25, 0.3) is 0 Å². The van der Waals surface area contributed by atoms with Crippen molar-refractivity contribution in [3.8, 4) is 0 Å². The number of para-hydroxylation sites is 1. The van der Waals surface area contributed by atoms with Crippen molar-refractivity contribution in [2.45, 2.75) is 38.5 Å². The normalized spacial score (nSPS) is 18.4. The Hall–Kier alpha value is -2.28. The number of amides is 2. The van der Waals surface area contributed by atoms with Crippen LogP contribution in [-0.4, -0.2) is 25.9 Å². The highest BCUT2D eigenvalue weighted by molar-refractivity contribution is 9.10. The minimum Gasteiger partial charge on any atom is -0.312 e. The van der Waals surface area contributed by atoms with Crippen molar-refractivity contribution in [1.82, 2.24) is 0 Å². The summed E-state index contributed by atoms with van der Waals surface area (Å²) in [5, 5.41) is 0. The lowest BCUT2D eigenvalue weighted by Gasteiger charge is -2.16. The summed E-state index contributed by atoms with van der Waals surface area (Å²) in [6, 6.07) is 8.01. The largest absolute Gasteiger partial charge is 0.312 e. The first kappa shape index (κ1) is 21.4. The molecule has 0 aliphatic carbocycles. The number of rotatable bonds is 0. The molecule has 0 bridgehead atoms. The molecule has 154 valence electrons. The van der Waals surface area contributed by atoms with Crippen molar-refractivity contribution in [3.63, 3.8) is 0 Å². The molecule has 4 rings (SSSR count). The van der Waals surface area contributed by atoms with Gasteiger partial charge in [0.15, 0.2) is 0 Å². The van der Waals surface area contributed by atoms with E-state index in [1.807, 2.05) is 27.7 Å². The van der Waals surface area contributed by atoms with Crippen LogP contribution in [0.4, 0.5) is 20.2 Å². The van der Waals surface area contributed by atoms with Crippen molar-refractivity contribution < 1.29 is 18.4 Å². The number of hydrogen-bond donors (Lipinski definition) is 0. The van der Waals surface area contributed by atoms with E-state index < -0.39 is 10.8 Å². The third-order valence-corrected chi connectivity index (χ3v) is 6.17. The van der Waals surface area contributed by atoms with Crippen LogP contribution in [0.2, 0.25) is 0 Å². The summed E-state index contributed by atoms with van der Waals surface area (Å²) in [6.45, 7) is 7.25. The lowest BCUT2D eigenvalue weighted by molar-refractivity contribution is -0.122. The van der Waals surface area contributed by atoms with Crippen molar-refractivity contribution in [1.29, 1.82) is 0 Å². The van der Waals surface area contributed by atoms with Crippen molar-refractivity contribution >= 4 is 39.1 Å². The fraction of sp³-hybridized carbons (Fsp3) is 0.364. The monoisotopic (exact) mass is 464 g/mol. The van der Waals surface area contributed by atoms with Gasteiger partial charge in [0.25, 0.3) is 0 Å². The molecule has 0 saturated heterocycles. The first-order valence-electron chi connectivity index (χ1n) is 9.16. The van der Waals surface area contributed by atoms with E-state index >= 15 is 0 Å². The fourth-order valence-corrected chi connectivity index (χ4v) is 4.45. The number of benzene rings is 2. The zero-order valence-corrected chi connectivity index (χ0v) is 18.8. The van der Waals surface area contributed by atoms with E-state index in [0.29, 0.717) is 15.8 Å². The van der Waals surface area contributed by atoms with E-state index in [-0.39, 0.29) is 23.4 Å². The minimum atomic E-state index is -0.644. The molecule has 0 spiro atoms. The molecular weight excluding hydrogens is 442 g/mol. The summed E-state index contributed by atoms with van der Waals surface area (Å²) in [7, 11) is 3.21. The second kappa shape index (κ2) is 6.90. The number of likely N-dealkylation sites (N-methyl/N-ethyl adjacent to an activating group) is 2. The number of carbonyl (C=O) groups excluding carboxylic acids is 2. The number of anilines is 2. The predicted octanol–water partition coefficient (Wildman–Crippen LogP) is 4.92. The van der Waals surface area contributed by atoms with Crippen LogP contribution < -0.4 is 9.80 Å². The van der Waals surface area contributed by atoms with Gasteiger partial charge in [0.05, 0.1) is 22.2 Å². The molecule has 0 N–H and O–H groups in total. The predicted molar refractivity (Wildman–Crippen MR) is 113 cm³/mol. The van der Waals surface area contributed by atoms with E-state index in [1.165, 1.54) is 21.9 Å². The highest BCUT2D eigenvalue weighted by Crippen LogP contribution is 2.44. The van der Waals surface area contributed by atoms with E-state index in [4.69, 9.17) is 0 Å². The standard InChI is InChI=1S/C11H11BrFNO.C11H12FNO/c1-11(2)7-4-6(12)5-8(13)9(7)14(3)10(11)15;1-11(2)7-5-4-6-8(12)9(7)13(3)10(11)14/h4-5H,1-3H3;4-6H,1-3H3. The molecule has 2 aromatic carbocycles. The van der Waals surface area contributed by atoms with E-state index in [0.717, 1.165) is 11.1 Å². The zero-order chi connectivity index (χ0) is 21.9. The van der Waals surface area contributed by atoms with Crippen LogP contribution in [0, 0.1) is 11.6 Å². The minimum absolute atomic E-state index is 0.0578. The van der Waals surface area contributed by atoms with E-state index in [2.05, 4.69) is 15.9 Å². The maximum absolute atomic E-state index is 13.7. The molecule has 0 atom stereocenters. The molecule has 2 heterocycles. The van der Waals surface area contributed by atoms with Crippen LogP contribution in [0.1, 0.15) is 38.8 Å². The molecule has 0 unspecified atom stereocenters. The van der Waals surface area contributed by atoms with Gasteiger partial charge >= 0.3 is 0 Å². The molecular formula is C22H23BrF2N2O2. The molecule has 2 amide bonds. The molecule has 0 radical (unpaired) electrons. The van der Waals surface area contributed by atoms with Crippen molar-refractivity contribution in [2.24, 2.45) is 0 Å². The number of fused-ring (bicyclic) bond motifs is 2. The Morgan fingerprint density at radius 3 is 1.79 bits per heavy atom. The zero-order valence-electron chi connectivity index (χ0n) is 17.2. The van der Waals surface area contributed by atoms with Gasteiger partial charge in [0.1, 0.15) is 11.6 Å². The average Bonchev–Trinajstić information content (AvgIpc) is 2.92. The number of halogens is 3. The van der Waals surface area contributed by atoms with Crippen molar-refractivity contribution in [3.05, 3.63) is 57.6 Å². The average molecular weight is 465 g/mol. The van der Waals surface area contributed by atoms with Gasteiger partial charge in [0, 0.05) is 18.6 Å². The van der Waals surface area contributed by atoms with Crippen LogP contribution in [0.3, 0.4) is 0 Å². The topological polar surface area (TPSA) is 40.6 Å². The van der Waals surface area contributed by atoms with Crippen molar-refractivity contribution in [2.75, 3.05) is 23.9 Å². The molecule has 7 heteroatoms. The van der Waals surface area contributed by atoms with Gasteiger partial charge in [-0.15, -0.1) is 0 Å². The van der Waals surface area contributed by atoms with Crippen LogP contribution >= 0.6 is 15.9 Å². The Kier molecular flexibility index (Phi) is 5.10. The molecule has 2 aromatic rings. The van der Waals surface area contributed by atoms with Crippen LogP contribution in [-0.2, 0) is 20.4 Å². The Labute approximate surface area is 177 Å². The molecule has 0 fully saturated rings. The summed E-state index contributed by atoms with van der Waals surface area (Å²) in [5.74, 6) is -0.822. The Bertz CT molecular complexity index is 1030. The van der Waals surface area contributed by atoms with Crippen LogP contribution in [0.15, 0.2) is 34.8 Å². The van der Waals surface area contributed by atoms with E-state index in [1.54, 1.807) is 32.3 Å². The highest BCUT2D eigenvalue weighted by atomic mass is 79.9. The molecule has 0 saturated carbocycles. The first-order chi connectivity index (χ1) is 13.3. The summed E-state index contributed by atoms with van der Waals surface area (Å²) < 4.78 is 27.8. The number of hydrogen-bond acceptors (Lipinski definition) is 2. The Morgan fingerprint density at radius 2 is 1.28 bits per heavy atom. The molecule has 2 aliphatic rings. The number of carbonyl (C=O) groups is 2. The summed E-state index contributed by atoms with van der Waals surface area (Å²) in [5.41, 5.74) is 1.07. The summed E-state index contributed by atoms with van der Waals surface area (Å²) in [6.07, 6.45) is 0. The summed E-state index contributed by atoms with van der Waals surface area (Å²) in [4.78, 5) is 26.5. The van der Waals surface area contributed by atoms with Gasteiger partial charge in [-0.3, -0.25) is 9.59 Å². The quantitative estimate of drug-likeness (QED) is 0.554. The molecule has 4 nitrogen and oxygen atoms in total. The van der Waals surface area contributed by atoms with Gasteiger partial charge in [-0.05, 0) is 57.0 Å².